The van der Waals surface area contributed by atoms with E-state index >= 15 is 0 Å². The Labute approximate surface area is 106 Å². The average Bonchev–Trinajstić information content (AvgIpc) is 2.75. The first-order valence-electron chi connectivity index (χ1n) is 5.96. The Morgan fingerprint density at radius 1 is 1.28 bits per heavy atom. The maximum Gasteiger partial charge on any atom is 0.276 e. The van der Waals surface area contributed by atoms with Crippen LogP contribution < -0.4 is 5.73 Å². The van der Waals surface area contributed by atoms with Gasteiger partial charge in [-0.2, -0.15) is 4.98 Å². The van der Waals surface area contributed by atoms with Crippen molar-refractivity contribution < 1.29 is 4.52 Å². The SMILES string of the molecule is CC(C)(C)Cc1noc(-c2ccc(CN)cn2)n1. The van der Waals surface area contributed by atoms with Gasteiger partial charge in [0.1, 0.15) is 5.69 Å². The predicted molar refractivity (Wildman–Crippen MR) is 68.6 cm³/mol. The highest BCUT2D eigenvalue weighted by Crippen LogP contribution is 2.21. The fourth-order valence-electron chi connectivity index (χ4n) is 1.58. The summed E-state index contributed by atoms with van der Waals surface area (Å²) in [6.07, 6.45) is 2.50. The van der Waals surface area contributed by atoms with Gasteiger partial charge in [0.05, 0.1) is 0 Å². The Balaban J connectivity index is 2.18. The molecule has 0 aliphatic carbocycles. The minimum Gasteiger partial charge on any atom is -0.332 e. The lowest BCUT2D eigenvalue weighted by molar-refractivity contribution is 0.374. The summed E-state index contributed by atoms with van der Waals surface area (Å²) < 4.78 is 5.22. The van der Waals surface area contributed by atoms with Gasteiger partial charge in [0.25, 0.3) is 5.89 Å². The Morgan fingerprint density at radius 3 is 2.61 bits per heavy atom. The van der Waals surface area contributed by atoms with Crippen molar-refractivity contribution in [1.82, 2.24) is 15.1 Å². The van der Waals surface area contributed by atoms with Crippen molar-refractivity contribution in [1.29, 1.82) is 0 Å². The van der Waals surface area contributed by atoms with Crippen LogP contribution >= 0.6 is 0 Å². The predicted octanol–water partition coefficient (Wildman–Crippen LogP) is 2.18. The van der Waals surface area contributed by atoms with Crippen LogP contribution in [0.15, 0.2) is 22.9 Å². The van der Waals surface area contributed by atoms with Crippen LogP contribution in [0, 0.1) is 5.41 Å². The number of nitrogens with zero attached hydrogens (tertiary/aromatic N) is 3. The largest absolute Gasteiger partial charge is 0.332 e. The van der Waals surface area contributed by atoms with E-state index in [1.807, 2.05) is 12.1 Å². The van der Waals surface area contributed by atoms with Gasteiger partial charge >= 0.3 is 0 Å². The Bertz CT molecular complexity index is 511. The zero-order valence-electron chi connectivity index (χ0n) is 11.0. The minimum atomic E-state index is 0.137. The lowest BCUT2D eigenvalue weighted by Crippen LogP contribution is -2.10. The number of aromatic nitrogens is 3. The number of hydrogen-bond acceptors (Lipinski definition) is 5. The maximum absolute atomic E-state index is 5.52. The lowest BCUT2D eigenvalue weighted by Gasteiger charge is -2.14. The molecule has 2 aromatic heterocycles. The summed E-state index contributed by atoms with van der Waals surface area (Å²) in [6.45, 7) is 6.89. The molecule has 0 fully saturated rings. The van der Waals surface area contributed by atoms with E-state index in [1.54, 1.807) is 6.20 Å². The third-order valence-corrected chi connectivity index (χ3v) is 2.44. The maximum atomic E-state index is 5.52. The van der Waals surface area contributed by atoms with Gasteiger partial charge in [-0.15, -0.1) is 0 Å². The first-order chi connectivity index (χ1) is 8.48. The molecular weight excluding hydrogens is 228 g/mol. The second kappa shape index (κ2) is 4.86. The summed E-state index contributed by atoms with van der Waals surface area (Å²) in [6, 6.07) is 3.76. The highest BCUT2D eigenvalue weighted by Gasteiger charge is 2.17. The summed E-state index contributed by atoms with van der Waals surface area (Å²) in [5.74, 6) is 1.17. The summed E-state index contributed by atoms with van der Waals surface area (Å²) in [7, 11) is 0. The molecule has 0 saturated carbocycles. The summed E-state index contributed by atoms with van der Waals surface area (Å²) >= 11 is 0. The molecule has 0 saturated heterocycles. The molecule has 2 heterocycles. The third-order valence-electron chi connectivity index (χ3n) is 2.44. The topological polar surface area (TPSA) is 77.8 Å². The molecule has 96 valence electrons. The van der Waals surface area contributed by atoms with Crippen molar-refractivity contribution in [3.63, 3.8) is 0 Å². The average molecular weight is 246 g/mol. The Hall–Kier alpha value is -1.75. The molecule has 0 spiro atoms. The van der Waals surface area contributed by atoms with Crippen molar-refractivity contribution >= 4 is 0 Å². The lowest BCUT2D eigenvalue weighted by atomic mass is 9.92. The standard InChI is InChI=1S/C13H18N4O/c1-13(2,3)6-11-16-12(18-17-11)10-5-4-9(7-14)8-15-10/h4-5,8H,6-7,14H2,1-3H3. The van der Waals surface area contributed by atoms with Gasteiger partial charge in [-0.05, 0) is 17.0 Å². The number of rotatable bonds is 3. The smallest absolute Gasteiger partial charge is 0.276 e. The first-order valence-corrected chi connectivity index (χ1v) is 5.96. The molecular formula is C13H18N4O. The van der Waals surface area contributed by atoms with Crippen molar-refractivity contribution in [2.45, 2.75) is 33.7 Å². The molecule has 0 radical (unpaired) electrons. The van der Waals surface area contributed by atoms with E-state index in [1.165, 1.54) is 0 Å². The van der Waals surface area contributed by atoms with E-state index in [2.05, 4.69) is 35.9 Å². The normalized spacial score (nSPS) is 11.8. The van der Waals surface area contributed by atoms with E-state index in [0.29, 0.717) is 24.0 Å². The fourth-order valence-corrected chi connectivity index (χ4v) is 1.58. The zero-order chi connectivity index (χ0) is 13.2. The summed E-state index contributed by atoms with van der Waals surface area (Å²) in [4.78, 5) is 8.60. The van der Waals surface area contributed by atoms with E-state index in [9.17, 15) is 0 Å². The molecule has 0 amide bonds. The van der Waals surface area contributed by atoms with Gasteiger partial charge < -0.3 is 10.3 Å². The van der Waals surface area contributed by atoms with Crippen LogP contribution in [0.2, 0.25) is 0 Å². The second-order valence-corrected chi connectivity index (χ2v) is 5.51. The molecule has 5 nitrogen and oxygen atoms in total. The summed E-state index contributed by atoms with van der Waals surface area (Å²) in [5.41, 5.74) is 7.32. The molecule has 2 rings (SSSR count). The quantitative estimate of drug-likeness (QED) is 0.898. The van der Waals surface area contributed by atoms with Gasteiger partial charge in [0, 0.05) is 19.2 Å². The van der Waals surface area contributed by atoms with Crippen molar-refractivity contribution in [3.8, 4) is 11.6 Å². The van der Waals surface area contributed by atoms with Gasteiger partial charge in [-0.3, -0.25) is 4.98 Å². The summed E-state index contributed by atoms with van der Waals surface area (Å²) in [5, 5.41) is 3.97. The molecule has 0 unspecified atom stereocenters. The van der Waals surface area contributed by atoms with Gasteiger partial charge in [-0.1, -0.05) is 32.0 Å². The molecule has 5 heteroatoms. The van der Waals surface area contributed by atoms with Crippen LogP contribution in [0.5, 0.6) is 0 Å². The number of hydrogen-bond donors (Lipinski definition) is 1. The third kappa shape index (κ3) is 3.13. The minimum absolute atomic E-state index is 0.137. The van der Waals surface area contributed by atoms with Crippen LogP contribution in [0.4, 0.5) is 0 Å². The molecule has 18 heavy (non-hydrogen) atoms. The molecule has 0 aliphatic heterocycles. The Morgan fingerprint density at radius 2 is 2.06 bits per heavy atom. The highest BCUT2D eigenvalue weighted by atomic mass is 16.5. The van der Waals surface area contributed by atoms with Crippen LogP contribution in [-0.4, -0.2) is 15.1 Å². The fraction of sp³-hybridized carbons (Fsp3) is 0.462. The van der Waals surface area contributed by atoms with E-state index < -0.39 is 0 Å². The Kier molecular flexibility index (Phi) is 3.43. The van der Waals surface area contributed by atoms with Crippen molar-refractivity contribution in [3.05, 3.63) is 29.7 Å². The van der Waals surface area contributed by atoms with E-state index in [-0.39, 0.29) is 5.41 Å². The van der Waals surface area contributed by atoms with Crippen molar-refractivity contribution in [2.75, 3.05) is 0 Å². The van der Waals surface area contributed by atoms with Gasteiger partial charge in [-0.25, -0.2) is 0 Å². The molecule has 2 aromatic rings. The van der Waals surface area contributed by atoms with Crippen LogP contribution in [-0.2, 0) is 13.0 Å². The second-order valence-electron chi connectivity index (χ2n) is 5.51. The van der Waals surface area contributed by atoms with Crippen LogP contribution in [0.1, 0.15) is 32.2 Å². The molecule has 0 atom stereocenters. The molecule has 2 N–H and O–H groups in total. The monoisotopic (exact) mass is 246 g/mol. The van der Waals surface area contributed by atoms with Gasteiger partial charge in [0.15, 0.2) is 5.82 Å². The van der Waals surface area contributed by atoms with E-state index in [4.69, 9.17) is 10.3 Å². The van der Waals surface area contributed by atoms with Crippen LogP contribution in [0.3, 0.4) is 0 Å². The van der Waals surface area contributed by atoms with E-state index in [0.717, 1.165) is 12.0 Å². The number of pyridine rings is 1. The van der Waals surface area contributed by atoms with Crippen LogP contribution in [0.25, 0.3) is 11.6 Å². The first kappa shape index (κ1) is 12.7. The van der Waals surface area contributed by atoms with Crippen molar-refractivity contribution in [2.24, 2.45) is 11.1 Å². The number of nitrogens with two attached hydrogens (primary N) is 1. The highest BCUT2D eigenvalue weighted by molar-refractivity contribution is 5.46. The molecule has 0 bridgehead atoms. The molecule has 0 aromatic carbocycles. The zero-order valence-corrected chi connectivity index (χ0v) is 11.0. The molecule has 0 aliphatic rings. The van der Waals surface area contributed by atoms with Gasteiger partial charge in [0.2, 0.25) is 0 Å².